The van der Waals surface area contributed by atoms with Crippen LogP contribution in [0.5, 0.6) is 0 Å². The number of sulfonamides is 1. The summed E-state index contributed by atoms with van der Waals surface area (Å²) in [6, 6.07) is 22.3. The standard InChI is InChI=1S/C33H42BrN3O4S/c1-24-17-18-25(2)29(20-24)37(42(6,40)41)19-11-16-31(38)36(23-27-14-10-15-28(34)21-27)30(32(39)35-33(3,4)5)22-26-12-8-7-9-13-26/h7-10,12-15,17-18,20-21,30H,11,16,19,22-23H2,1-6H3,(H,35,39)/t30-/m1/s1. The van der Waals surface area contributed by atoms with Gasteiger partial charge >= 0.3 is 0 Å². The zero-order chi connectivity index (χ0) is 31.1. The Balaban J connectivity index is 1.92. The number of benzene rings is 3. The summed E-state index contributed by atoms with van der Waals surface area (Å²) in [5.74, 6) is -0.447. The summed E-state index contributed by atoms with van der Waals surface area (Å²) in [6.45, 7) is 9.92. The third-order valence-electron chi connectivity index (χ3n) is 6.80. The first kappa shape index (κ1) is 33.3. The molecule has 0 saturated heterocycles. The van der Waals surface area contributed by atoms with Crippen LogP contribution >= 0.6 is 15.9 Å². The first-order valence-electron chi connectivity index (χ1n) is 14.1. The predicted octanol–water partition coefficient (Wildman–Crippen LogP) is 6.17. The number of nitrogens with one attached hydrogen (secondary N) is 1. The predicted molar refractivity (Wildman–Crippen MR) is 174 cm³/mol. The Hall–Kier alpha value is -3.17. The van der Waals surface area contributed by atoms with Gasteiger partial charge in [0.05, 0.1) is 11.9 Å². The topological polar surface area (TPSA) is 86.8 Å². The van der Waals surface area contributed by atoms with Gasteiger partial charge in [-0.05, 0) is 81.5 Å². The minimum atomic E-state index is -3.58. The number of hydrogen-bond donors (Lipinski definition) is 1. The van der Waals surface area contributed by atoms with E-state index in [1.54, 1.807) is 4.90 Å². The summed E-state index contributed by atoms with van der Waals surface area (Å²) in [5, 5.41) is 3.07. The lowest BCUT2D eigenvalue weighted by Gasteiger charge is -2.34. The Kier molecular flexibility index (Phi) is 11.4. The van der Waals surface area contributed by atoms with Crippen molar-refractivity contribution < 1.29 is 18.0 Å². The van der Waals surface area contributed by atoms with Crippen LogP contribution in [-0.2, 0) is 32.6 Å². The van der Waals surface area contributed by atoms with Gasteiger partial charge in [0.2, 0.25) is 21.8 Å². The Morgan fingerprint density at radius 2 is 1.60 bits per heavy atom. The summed E-state index contributed by atoms with van der Waals surface area (Å²) < 4.78 is 27.8. The van der Waals surface area contributed by atoms with Crippen molar-refractivity contribution in [2.45, 2.75) is 72.0 Å². The fourth-order valence-corrected chi connectivity index (χ4v) is 6.27. The Morgan fingerprint density at radius 3 is 2.21 bits per heavy atom. The summed E-state index contributed by atoms with van der Waals surface area (Å²) >= 11 is 3.51. The molecule has 0 bridgehead atoms. The van der Waals surface area contributed by atoms with E-state index in [-0.39, 0.29) is 31.3 Å². The third-order valence-corrected chi connectivity index (χ3v) is 8.47. The first-order chi connectivity index (χ1) is 19.6. The zero-order valence-electron chi connectivity index (χ0n) is 25.4. The van der Waals surface area contributed by atoms with Gasteiger partial charge in [0.25, 0.3) is 0 Å². The molecule has 2 amide bonds. The fraction of sp³-hybridized carbons (Fsp3) is 0.394. The van der Waals surface area contributed by atoms with Crippen LogP contribution in [0, 0.1) is 13.8 Å². The zero-order valence-corrected chi connectivity index (χ0v) is 27.8. The Bertz CT molecular complexity index is 1490. The molecule has 7 nitrogen and oxygen atoms in total. The average Bonchev–Trinajstić information content (AvgIpc) is 2.89. The molecule has 1 N–H and O–H groups in total. The normalized spacial score (nSPS) is 12.5. The molecule has 42 heavy (non-hydrogen) atoms. The van der Waals surface area contributed by atoms with Crippen LogP contribution in [0.4, 0.5) is 5.69 Å². The summed E-state index contributed by atoms with van der Waals surface area (Å²) in [6.07, 6.45) is 1.91. The van der Waals surface area contributed by atoms with Crippen LogP contribution in [0.2, 0.25) is 0 Å². The van der Waals surface area contributed by atoms with Crippen molar-refractivity contribution in [2.24, 2.45) is 0 Å². The number of nitrogens with zero attached hydrogens (tertiary/aromatic N) is 2. The second-order valence-corrected chi connectivity index (χ2v) is 14.6. The second-order valence-electron chi connectivity index (χ2n) is 11.8. The largest absolute Gasteiger partial charge is 0.350 e. The molecular formula is C33H42BrN3O4S. The van der Waals surface area contributed by atoms with E-state index < -0.39 is 21.6 Å². The van der Waals surface area contributed by atoms with E-state index in [1.807, 2.05) is 107 Å². The number of anilines is 1. The molecule has 0 spiro atoms. The van der Waals surface area contributed by atoms with E-state index in [1.165, 1.54) is 10.6 Å². The number of rotatable bonds is 12. The molecule has 0 aromatic heterocycles. The maximum absolute atomic E-state index is 14.0. The third kappa shape index (κ3) is 9.98. The molecule has 9 heteroatoms. The number of halogens is 1. The number of amides is 2. The van der Waals surface area contributed by atoms with Gasteiger partial charge in [0.1, 0.15) is 6.04 Å². The van der Waals surface area contributed by atoms with E-state index in [4.69, 9.17) is 0 Å². The van der Waals surface area contributed by atoms with Crippen molar-refractivity contribution in [3.63, 3.8) is 0 Å². The molecule has 0 radical (unpaired) electrons. The lowest BCUT2D eigenvalue weighted by molar-refractivity contribution is -0.142. The van der Waals surface area contributed by atoms with E-state index in [0.29, 0.717) is 18.5 Å². The molecule has 0 aliphatic carbocycles. The van der Waals surface area contributed by atoms with Gasteiger partial charge in [-0.2, -0.15) is 0 Å². The molecule has 3 aromatic rings. The van der Waals surface area contributed by atoms with Gasteiger partial charge in [-0.15, -0.1) is 0 Å². The van der Waals surface area contributed by atoms with Crippen molar-refractivity contribution in [2.75, 3.05) is 17.1 Å². The van der Waals surface area contributed by atoms with Crippen LogP contribution in [0.1, 0.15) is 55.9 Å². The highest BCUT2D eigenvalue weighted by atomic mass is 79.9. The number of carbonyl (C=O) groups is 2. The molecule has 0 unspecified atom stereocenters. The molecule has 3 rings (SSSR count). The molecule has 0 saturated carbocycles. The number of hydrogen-bond acceptors (Lipinski definition) is 4. The van der Waals surface area contributed by atoms with E-state index in [0.717, 1.165) is 26.7 Å². The smallest absolute Gasteiger partial charge is 0.243 e. The molecule has 0 aliphatic rings. The van der Waals surface area contributed by atoms with Gasteiger partial charge < -0.3 is 10.2 Å². The van der Waals surface area contributed by atoms with Gasteiger partial charge in [-0.1, -0.05) is 70.5 Å². The molecule has 0 heterocycles. The Labute approximate surface area is 259 Å². The van der Waals surface area contributed by atoms with Crippen molar-refractivity contribution in [3.8, 4) is 0 Å². The van der Waals surface area contributed by atoms with Crippen LogP contribution in [0.3, 0.4) is 0 Å². The van der Waals surface area contributed by atoms with Crippen LogP contribution < -0.4 is 9.62 Å². The van der Waals surface area contributed by atoms with Crippen LogP contribution in [-0.4, -0.2) is 49.5 Å². The number of aryl methyl sites for hydroxylation is 2. The lowest BCUT2D eigenvalue weighted by Crippen LogP contribution is -2.54. The SMILES string of the molecule is Cc1ccc(C)c(N(CCCC(=O)N(Cc2cccc(Br)c2)[C@H](Cc2ccccc2)C(=O)NC(C)(C)C)S(C)(=O)=O)c1. The maximum atomic E-state index is 14.0. The van der Waals surface area contributed by atoms with Crippen LogP contribution in [0.25, 0.3) is 0 Å². The molecule has 0 aliphatic heterocycles. The Morgan fingerprint density at radius 1 is 0.929 bits per heavy atom. The molecular weight excluding hydrogens is 614 g/mol. The van der Waals surface area contributed by atoms with Gasteiger partial charge in [-0.25, -0.2) is 8.42 Å². The van der Waals surface area contributed by atoms with Crippen molar-refractivity contribution >= 4 is 43.5 Å². The van der Waals surface area contributed by atoms with Crippen molar-refractivity contribution in [3.05, 3.63) is 99.5 Å². The number of carbonyl (C=O) groups excluding carboxylic acids is 2. The minimum Gasteiger partial charge on any atom is -0.350 e. The van der Waals surface area contributed by atoms with Gasteiger partial charge in [-0.3, -0.25) is 13.9 Å². The highest BCUT2D eigenvalue weighted by molar-refractivity contribution is 9.10. The average molecular weight is 657 g/mol. The highest BCUT2D eigenvalue weighted by Gasteiger charge is 2.32. The second kappa shape index (κ2) is 14.3. The lowest BCUT2D eigenvalue weighted by atomic mass is 10.00. The van der Waals surface area contributed by atoms with Crippen LogP contribution in [0.15, 0.2) is 77.3 Å². The summed E-state index contributed by atoms with van der Waals surface area (Å²) in [4.78, 5) is 29.4. The van der Waals surface area contributed by atoms with Crippen molar-refractivity contribution in [1.29, 1.82) is 0 Å². The summed E-state index contributed by atoms with van der Waals surface area (Å²) in [7, 11) is -3.58. The van der Waals surface area contributed by atoms with E-state index >= 15 is 0 Å². The fourth-order valence-electron chi connectivity index (χ4n) is 4.81. The first-order valence-corrected chi connectivity index (χ1v) is 16.7. The molecule has 226 valence electrons. The summed E-state index contributed by atoms with van der Waals surface area (Å²) in [5.41, 5.74) is 3.74. The van der Waals surface area contributed by atoms with E-state index in [9.17, 15) is 18.0 Å². The molecule has 0 fully saturated rings. The quantitative estimate of drug-likeness (QED) is 0.253. The molecule has 3 aromatic carbocycles. The monoisotopic (exact) mass is 655 g/mol. The maximum Gasteiger partial charge on any atom is 0.243 e. The van der Waals surface area contributed by atoms with Gasteiger partial charge in [0, 0.05) is 35.9 Å². The van der Waals surface area contributed by atoms with Crippen molar-refractivity contribution in [1.82, 2.24) is 10.2 Å². The molecule has 1 atom stereocenters. The van der Waals surface area contributed by atoms with E-state index in [2.05, 4.69) is 21.2 Å². The van der Waals surface area contributed by atoms with Gasteiger partial charge in [0.15, 0.2) is 0 Å². The minimum absolute atomic E-state index is 0.0823. The highest BCUT2D eigenvalue weighted by Crippen LogP contribution is 2.25.